The fourth-order valence-corrected chi connectivity index (χ4v) is 2.72. The summed E-state index contributed by atoms with van der Waals surface area (Å²) >= 11 is 0. The normalized spacial score (nSPS) is 21.5. The topological polar surface area (TPSA) is 32.9 Å². The fourth-order valence-electron chi connectivity index (χ4n) is 2.72. The van der Waals surface area contributed by atoms with Gasteiger partial charge in [0.1, 0.15) is 5.78 Å². The lowest BCUT2D eigenvalue weighted by Gasteiger charge is -2.20. The maximum Gasteiger partial charge on any atom is 0.133 e. The standard InChI is InChI=1S/C14H15NO/c16-11-5-3-4-10(8-11)13-9-15-14-7-2-1-6-12(13)14/h1-2,6-7,9-10,15H,3-5,8H2/t10-/m1/s1. The highest BCUT2D eigenvalue weighted by Crippen LogP contribution is 2.34. The molecule has 1 aliphatic carbocycles. The Balaban J connectivity index is 2.02. The van der Waals surface area contributed by atoms with Crippen LogP contribution in [0.4, 0.5) is 0 Å². The molecule has 3 rings (SSSR count). The van der Waals surface area contributed by atoms with E-state index in [9.17, 15) is 4.79 Å². The first kappa shape index (κ1) is 9.64. The number of H-pyrrole nitrogens is 1. The summed E-state index contributed by atoms with van der Waals surface area (Å²) in [6, 6.07) is 8.32. The molecule has 0 saturated heterocycles. The Morgan fingerprint density at radius 2 is 2.12 bits per heavy atom. The maximum atomic E-state index is 11.5. The average molecular weight is 213 g/mol. The van der Waals surface area contributed by atoms with Crippen LogP contribution in [0, 0.1) is 0 Å². The summed E-state index contributed by atoms with van der Waals surface area (Å²) in [5, 5.41) is 1.28. The highest BCUT2D eigenvalue weighted by Gasteiger charge is 2.22. The molecule has 0 spiro atoms. The Labute approximate surface area is 94.7 Å². The lowest BCUT2D eigenvalue weighted by molar-refractivity contribution is -0.120. The van der Waals surface area contributed by atoms with Gasteiger partial charge in [0.2, 0.25) is 0 Å². The van der Waals surface area contributed by atoms with E-state index in [1.54, 1.807) is 0 Å². The molecule has 2 nitrogen and oxygen atoms in total. The van der Waals surface area contributed by atoms with Crippen LogP contribution in [0.5, 0.6) is 0 Å². The van der Waals surface area contributed by atoms with E-state index in [4.69, 9.17) is 0 Å². The summed E-state index contributed by atoms with van der Waals surface area (Å²) in [4.78, 5) is 14.8. The molecule has 16 heavy (non-hydrogen) atoms. The Morgan fingerprint density at radius 1 is 1.25 bits per heavy atom. The third-order valence-corrected chi connectivity index (χ3v) is 3.54. The van der Waals surface area contributed by atoms with Gasteiger partial charge in [0.15, 0.2) is 0 Å². The number of benzene rings is 1. The van der Waals surface area contributed by atoms with Crippen molar-refractivity contribution in [3.63, 3.8) is 0 Å². The lowest BCUT2D eigenvalue weighted by Crippen LogP contribution is -2.12. The molecular formula is C14H15NO. The second kappa shape index (κ2) is 3.78. The number of para-hydroxylation sites is 1. The van der Waals surface area contributed by atoms with E-state index in [0.717, 1.165) is 25.7 Å². The Bertz CT molecular complexity index is 526. The predicted octanol–water partition coefficient (Wildman–Crippen LogP) is 3.39. The molecule has 0 radical (unpaired) electrons. The second-order valence-corrected chi connectivity index (χ2v) is 4.62. The Morgan fingerprint density at radius 3 is 3.00 bits per heavy atom. The summed E-state index contributed by atoms with van der Waals surface area (Å²) in [6.45, 7) is 0. The highest BCUT2D eigenvalue weighted by molar-refractivity contribution is 5.86. The van der Waals surface area contributed by atoms with Gasteiger partial charge in [-0.25, -0.2) is 0 Å². The Hall–Kier alpha value is -1.57. The maximum absolute atomic E-state index is 11.5. The molecule has 1 fully saturated rings. The number of aromatic nitrogens is 1. The minimum absolute atomic E-state index is 0.418. The molecule has 2 heteroatoms. The molecule has 0 aliphatic heterocycles. The van der Waals surface area contributed by atoms with E-state index in [1.165, 1.54) is 16.5 Å². The van der Waals surface area contributed by atoms with E-state index in [2.05, 4.69) is 29.4 Å². The van der Waals surface area contributed by atoms with Crippen LogP contribution in [0.3, 0.4) is 0 Å². The first-order valence-corrected chi connectivity index (χ1v) is 5.92. The molecule has 1 N–H and O–H groups in total. The quantitative estimate of drug-likeness (QED) is 0.773. The lowest BCUT2D eigenvalue weighted by atomic mass is 9.83. The second-order valence-electron chi connectivity index (χ2n) is 4.62. The number of hydrogen-bond acceptors (Lipinski definition) is 1. The van der Waals surface area contributed by atoms with Gasteiger partial charge in [0, 0.05) is 29.9 Å². The van der Waals surface area contributed by atoms with Gasteiger partial charge in [0.05, 0.1) is 0 Å². The van der Waals surface area contributed by atoms with Crippen molar-refractivity contribution in [1.29, 1.82) is 0 Å². The SMILES string of the molecule is O=C1CCC[C@@H](c2c[nH]c3ccccc23)C1. The number of Topliss-reactive ketones (excluding diaryl/α,β-unsaturated/α-hetero) is 1. The van der Waals surface area contributed by atoms with Crippen LogP contribution in [-0.4, -0.2) is 10.8 Å². The van der Waals surface area contributed by atoms with Crippen molar-refractivity contribution in [1.82, 2.24) is 4.98 Å². The Kier molecular flexibility index (Phi) is 2.28. The van der Waals surface area contributed by atoms with Crippen LogP contribution in [0.2, 0.25) is 0 Å². The number of ketones is 1. The van der Waals surface area contributed by atoms with Crippen molar-refractivity contribution < 1.29 is 4.79 Å². The van der Waals surface area contributed by atoms with Gasteiger partial charge in [-0.1, -0.05) is 18.2 Å². The number of hydrogen-bond donors (Lipinski definition) is 1. The molecule has 1 heterocycles. The number of aromatic amines is 1. The van der Waals surface area contributed by atoms with Crippen LogP contribution in [0.25, 0.3) is 10.9 Å². The molecule has 2 aromatic rings. The number of nitrogens with one attached hydrogen (secondary N) is 1. The zero-order valence-electron chi connectivity index (χ0n) is 9.20. The number of fused-ring (bicyclic) bond motifs is 1. The average Bonchev–Trinajstić information content (AvgIpc) is 2.72. The van der Waals surface area contributed by atoms with Crippen LogP contribution >= 0.6 is 0 Å². The van der Waals surface area contributed by atoms with Gasteiger partial charge in [-0.15, -0.1) is 0 Å². The van der Waals surface area contributed by atoms with Gasteiger partial charge in [-0.3, -0.25) is 4.79 Å². The zero-order chi connectivity index (χ0) is 11.0. The molecule has 0 bridgehead atoms. The van der Waals surface area contributed by atoms with E-state index in [-0.39, 0.29) is 0 Å². The molecular weight excluding hydrogens is 198 g/mol. The number of carbonyl (C=O) groups excluding carboxylic acids is 1. The van der Waals surface area contributed by atoms with Crippen molar-refractivity contribution >= 4 is 16.7 Å². The van der Waals surface area contributed by atoms with Gasteiger partial charge < -0.3 is 4.98 Å². The number of rotatable bonds is 1. The van der Waals surface area contributed by atoms with Gasteiger partial charge >= 0.3 is 0 Å². The predicted molar refractivity (Wildman–Crippen MR) is 64.5 cm³/mol. The molecule has 0 amide bonds. The van der Waals surface area contributed by atoms with E-state index < -0.39 is 0 Å². The van der Waals surface area contributed by atoms with Crippen LogP contribution < -0.4 is 0 Å². The minimum Gasteiger partial charge on any atom is -0.361 e. The van der Waals surface area contributed by atoms with E-state index in [0.29, 0.717) is 11.7 Å². The third kappa shape index (κ3) is 1.54. The van der Waals surface area contributed by atoms with E-state index >= 15 is 0 Å². The smallest absolute Gasteiger partial charge is 0.133 e. The third-order valence-electron chi connectivity index (χ3n) is 3.54. The zero-order valence-corrected chi connectivity index (χ0v) is 9.20. The monoisotopic (exact) mass is 213 g/mol. The number of carbonyl (C=O) groups is 1. The molecule has 0 unspecified atom stereocenters. The van der Waals surface area contributed by atoms with Crippen molar-refractivity contribution in [3.8, 4) is 0 Å². The summed E-state index contributed by atoms with van der Waals surface area (Å²) in [7, 11) is 0. The van der Waals surface area contributed by atoms with Gasteiger partial charge in [0.25, 0.3) is 0 Å². The van der Waals surface area contributed by atoms with Crippen molar-refractivity contribution in [2.75, 3.05) is 0 Å². The highest BCUT2D eigenvalue weighted by atomic mass is 16.1. The summed E-state index contributed by atoms with van der Waals surface area (Å²) in [6.07, 6.45) is 5.77. The van der Waals surface area contributed by atoms with Gasteiger partial charge in [-0.05, 0) is 30.4 Å². The molecule has 1 aromatic heterocycles. The van der Waals surface area contributed by atoms with Crippen molar-refractivity contribution in [2.24, 2.45) is 0 Å². The fraction of sp³-hybridized carbons (Fsp3) is 0.357. The van der Waals surface area contributed by atoms with Crippen molar-refractivity contribution in [2.45, 2.75) is 31.6 Å². The van der Waals surface area contributed by atoms with E-state index in [1.807, 2.05) is 6.07 Å². The largest absolute Gasteiger partial charge is 0.361 e. The molecule has 1 saturated carbocycles. The molecule has 82 valence electrons. The van der Waals surface area contributed by atoms with Crippen LogP contribution in [-0.2, 0) is 4.79 Å². The summed E-state index contributed by atoms with van der Waals surface area (Å²) in [5.74, 6) is 0.846. The molecule has 1 atom stereocenters. The molecule has 1 aliphatic rings. The first-order chi connectivity index (χ1) is 7.84. The van der Waals surface area contributed by atoms with Crippen LogP contribution in [0.1, 0.15) is 37.2 Å². The molecule has 1 aromatic carbocycles. The minimum atomic E-state index is 0.418. The first-order valence-electron chi connectivity index (χ1n) is 5.92. The summed E-state index contributed by atoms with van der Waals surface area (Å²) in [5.41, 5.74) is 2.50. The van der Waals surface area contributed by atoms with Gasteiger partial charge in [-0.2, -0.15) is 0 Å². The van der Waals surface area contributed by atoms with Crippen LogP contribution in [0.15, 0.2) is 30.5 Å². The summed E-state index contributed by atoms with van der Waals surface area (Å²) < 4.78 is 0. The van der Waals surface area contributed by atoms with Crippen molar-refractivity contribution in [3.05, 3.63) is 36.0 Å².